The van der Waals surface area contributed by atoms with E-state index in [1.54, 1.807) is 0 Å². The summed E-state index contributed by atoms with van der Waals surface area (Å²) in [4.78, 5) is 0. The third-order valence-electron chi connectivity index (χ3n) is 2.01. The van der Waals surface area contributed by atoms with Gasteiger partial charge < -0.3 is 14.6 Å². The molecule has 0 aromatic rings. The van der Waals surface area contributed by atoms with Gasteiger partial charge in [0.15, 0.2) is 0 Å². The van der Waals surface area contributed by atoms with Crippen LogP contribution >= 0.6 is 0 Å². The lowest BCUT2D eigenvalue weighted by atomic mass is 10.1. The average Bonchev–Trinajstić information content (AvgIpc) is 2.22. The maximum absolute atomic E-state index is 8.47. The highest BCUT2D eigenvalue weighted by atomic mass is 16.5. The normalized spacial score (nSPS) is 13.1. The molecule has 0 heterocycles. The molecule has 0 aromatic carbocycles. The number of hydrogen-bond acceptors (Lipinski definition) is 3. The van der Waals surface area contributed by atoms with Crippen LogP contribution in [0.3, 0.4) is 0 Å². The van der Waals surface area contributed by atoms with Crippen molar-refractivity contribution in [1.82, 2.24) is 0 Å². The number of aliphatic hydroxyl groups excluding tert-OH is 1. The number of rotatable bonds is 10. The van der Waals surface area contributed by atoms with E-state index in [1.807, 2.05) is 6.92 Å². The Hall–Kier alpha value is -0.120. The number of aliphatic hydroxyl groups is 1. The molecule has 0 fully saturated rings. The molecule has 3 heteroatoms. The van der Waals surface area contributed by atoms with E-state index in [4.69, 9.17) is 14.6 Å². The molecule has 0 aliphatic carbocycles. The topological polar surface area (TPSA) is 38.7 Å². The minimum Gasteiger partial charge on any atom is -0.394 e. The first kappa shape index (κ1) is 13.9. The summed E-state index contributed by atoms with van der Waals surface area (Å²) < 4.78 is 10.7. The molecule has 1 radical (unpaired) electrons. The summed E-state index contributed by atoms with van der Waals surface area (Å²) in [6.07, 6.45) is 5.84. The fourth-order valence-corrected chi connectivity index (χ4v) is 1.18. The van der Waals surface area contributed by atoms with Crippen LogP contribution in [0.5, 0.6) is 0 Å². The monoisotopic (exact) mass is 203 g/mol. The van der Waals surface area contributed by atoms with Crippen molar-refractivity contribution in [2.75, 3.05) is 26.4 Å². The van der Waals surface area contributed by atoms with E-state index < -0.39 is 0 Å². The molecule has 0 aromatic heterocycles. The Bertz CT molecular complexity index is 107. The van der Waals surface area contributed by atoms with Gasteiger partial charge in [0.05, 0.1) is 32.5 Å². The predicted octanol–water partition coefficient (Wildman–Crippen LogP) is 1.79. The van der Waals surface area contributed by atoms with Crippen molar-refractivity contribution in [2.24, 2.45) is 0 Å². The molecule has 0 saturated heterocycles. The van der Waals surface area contributed by atoms with Crippen molar-refractivity contribution in [3.63, 3.8) is 0 Å². The van der Waals surface area contributed by atoms with Crippen molar-refractivity contribution < 1.29 is 14.6 Å². The zero-order chi connectivity index (χ0) is 10.6. The molecule has 0 rings (SSSR count). The van der Waals surface area contributed by atoms with Crippen LogP contribution in [0.2, 0.25) is 0 Å². The first-order chi connectivity index (χ1) is 6.85. The highest BCUT2D eigenvalue weighted by molar-refractivity contribution is 4.71. The average molecular weight is 203 g/mol. The number of unbranched alkanes of at least 4 members (excludes halogenated alkanes) is 1. The van der Waals surface area contributed by atoms with E-state index in [2.05, 4.69) is 13.3 Å². The van der Waals surface area contributed by atoms with Gasteiger partial charge in [0.1, 0.15) is 0 Å². The van der Waals surface area contributed by atoms with Crippen molar-refractivity contribution in [2.45, 2.75) is 39.2 Å². The van der Waals surface area contributed by atoms with Crippen molar-refractivity contribution in [3.05, 3.63) is 6.42 Å². The van der Waals surface area contributed by atoms with Gasteiger partial charge >= 0.3 is 0 Å². The molecule has 0 bridgehead atoms. The second-order valence-electron chi connectivity index (χ2n) is 3.22. The third kappa shape index (κ3) is 8.48. The predicted molar refractivity (Wildman–Crippen MR) is 57.1 cm³/mol. The molecule has 0 aliphatic heterocycles. The zero-order valence-electron chi connectivity index (χ0n) is 9.37. The smallest absolute Gasteiger partial charge is 0.0704 e. The largest absolute Gasteiger partial charge is 0.394 e. The molecular formula is C11H23O3. The Morgan fingerprint density at radius 2 is 2.07 bits per heavy atom. The standard InChI is InChI=1S/C11H23O3/c1-3-5-6-11(4-2)14-10-9-13-8-7-12/h4,11-12H,3,5-10H2,1-2H3. The maximum Gasteiger partial charge on any atom is 0.0704 e. The van der Waals surface area contributed by atoms with Gasteiger partial charge in [0, 0.05) is 0 Å². The molecule has 0 saturated carbocycles. The molecule has 0 amide bonds. The fourth-order valence-electron chi connectivity index (χ4n) is 1.18. The summed E-state index contributed by atoms with van der Waals surface area (Å²) in [6, 6.07) is 0. The van der Waals surface area contributed by atoms with Gasteiger partial charge in [-0.15, -0.1) is 0 Å². The zero-order valence-corrected chi connectivity index (χ0v) is 9.37. The summed E-state index contributed by atoms with van der Waals surface area (Å²) in [7, 11) is 0. The summed E-state index contributed by atoms with van der Waals surface area (Å²) >= 11 is 0. The van der Waals surface area contributed by atoms with Gasteiger partial charge in [0.25, 0.3) is 0 Å². The lowest BCUT2D eigenvalue weighted by Gasteiger charge is -2.15. The van der Waals surface area contributed by atoms with Crippen molar-refractivity contribution in [1.29, 1.82) is 0 Å². The van der Waals surface area contributed by atoms with Crippen LogP contribution < -0.4 is 0 Å². The second-order valence-corrected chi connectivity index (χ2v) is 3.22. The minimum absolute atomic E-state index is 0.0825. The Labute approximate surface area is 87.4 Å². The molecule has 1 unspecified atom stereocenters. The van der Waals surface area contributed by atoms with Gasteiger partial charge in [-0.3, -0.25) is 0 Å². The van der Waals surface area contributed by atoms with Crippen LogP contribution in [0.25, 0.3) is 0 Å². The number of hydrogen-bond donors (Lipinski definition) is 1. The van der Waals surface area contributed by atoms with Crippen LogP contribution in [0.4, 0.5) is 0 Å². The summed E-state index contributed by atoms with van der Waals surface area (Å²) in [6.45, 7) is 5.86. The van der Waals surface area contributed by atoms with Crippen molar-refractivity contribution in [3.8, 4) is 0 Å². The molecule has 1 atom stereocenters. The minimum atomic E-state index is 0.0825. The first-order valence-corrected chi connectivity index (χ1v) is 5.44. The molecule has 14 heavy (non-hydrogen) atoms. The Morgan fingerprint density at radius 3 is 2.64 bits per heavy atom. The fraction of sp³-hybridized carbons (Fsp3) is 0.909. The highest BCUT2D eigenvalue weighted by Gasteiger charge is 2.05. The lowest BCUT2D eigenvalue weighted by Crippen LogP contribution is -2.16. The van der Waals surface area contributed by atoms with E-state index >= 15 is 0 Å². The van der Waals surface area contributed by atoms with Gasteiger partial charge in [-0.25, -0.2) is 0 Å². The van der Waals surface area contributed by atoms with Gasteiger partial charge in [-0.2, -0.15) is 0 Å². The van der Waals surface area contributed by atoms with E-state index in [9.17, 15) is 0 Å². The maximum atomic E-state index is 8.47. The van der Waals surface area contributed by atoms with Crippen LogP contribution in [0.1, 0.15) is 33.1 Å². The molecule has 85 valence electrons. The Kier molecular flexibility index (Phi) is 10.9. The van der Waals surface area contributed by atoms with Crippen molar-refractivity contribution >= 4 is 0 Å². The molecule has 0 spiro atoms. The third-order valence-corrected chi connectivity index (χ3v) is 2.01. The van der Waals surface area contributed by atoms with Crippen LogP contribution in [0, 0.1) is 6.42 Å². The summed E-state index contributed by atoms with van der Waals surface area (Å²) in [5.74, 6) is 0. The van der Waals surface area contributed by atoms with Crippen LogP contribution in [0.15, 0.2) is 0 Å². The Morgan fingerprint density at radius 1 is 1.29 bits per heavy atom. The van der Waals surface area contributed by atoms with E-state index in [1.165, 1.54) is 12.8 Å². The molecule has 3 nitrogen and oxygen atoms in total. The van der Waals surface area contributed by atoms with Gasteiger partial charge in [-0.05, 0) is 12.8 Å². The van der Waals surface area contributed by atoms with Crippen LogP contribution in [-0.4, -0.2) is 37.6 Å². The molecule has 0 aliphatic rings. The second kappa shape index (κ2) is 11.0. The molecule has 1 N–H and O–H groups in total. The molecular weight excluding hydrogens is 180 g/mol. The Balaban J connectivity index is 3.24. The summed E-state index contributed by atoms with van der Waals surface area (Å²) in [5.41, 5.74) is 0. The quantitative estimate of drug-likeness (QED) is 0.550. The van der Waals surface area contributed by atoms with E-state index in [0.717, 1.165) is 6.42 Å². The van der Waals surface area contributed by atoms with E-state index in [0.29, 0.717) is 19.8 Å². The van der Waals surface area contributed by atoms with E-state index in [-0.39, 0.29) is 12.7 Å². The summed E-state index contributed by atoms with van der Waals surface area (Å²) in [5, 5.41) is 8.47. The first-order valence-electron chi connectivity index (χ1n) is 5.44. The SMILES string of the molecule is C[CH]C(CCCC)OCCOCCO. The van der Waals surface area contributed by atoms with Gasteiger partial charge in [0.2, 0.25) is 0 Å². The lowest BCUT2D eigenvalue weighted by molar-refractivity contribution is 0.00563. The van der Waals surface area contributed by atoms with Crippen LogP contribution in [-0.2, 0) is 9.47 Å². The van der Waals surface area contributed by atoms with Gasteiger partial charge in [-0.1, -0.05) is 26.7 Å². The number of ether oxygens (including phenoxy) is 2. The highest BCUT2D eigenvalue weighted by Crippen LogP contribution is 2.07.